The Morgan fingerprint density at radius 1 is 1.00 bits per heavy atom. The Kier molecular flexibility index (Phi) is 4.15. The van der Waals surface area contributed by atoms with Gasteiger partial charge in [0, 0.05) is 5.56 Å². The van der Waals surface area contributed by atoms with Crippen molar-refractivity contribution in [2.45, 2.75) is 11.8 Å². The third kappa shape index (κ3) is 3.20. The zero-order valence-electron chi connectivity index (χ0n) is 9.97. The quantitative estimate of drug-likeness (QED) is 0.616. The number of Topliss-reactive ketones (excluding diaryl/α,β-unsaturated/α-hetero) is 1. The number of hydrogen-bond donors (Lipinski definition) is 0. The molecule has 2 nitrogen and oxygen atoms in total. The van der Waals surface area contributed by atoms with Crippen LogP contribution in [0.15, 0.2) is 54.6 Å². The van der Waals surface area contributed by atoms with Crippen LogP contribution in [0.3, 0.4) is 0 Å². The predicted octanol–water partition coefficient (Wildman–Crippen LogP) is 4.45. The lowest BCUT2D eigenvalue weighted by Crippen LogP contribution is -2.09. The van der Waals surface area contributed by atoms with E-state index in [9.17, 15) is 4.79 Å². The van der Waals surface area contributed by atoms with Crippen LogP contribution in [0.1, 0.15) is 17.3 Å². The molecular formula is C15H13BrO2. The lowest BCUT2D eigenvalue weighted by atomic mass is 10.1. The zero-order valence-corrected chi connectivity index (χ0v) is 11.6. The summed E-state index contributed by atoms with van der Waals surface area (Å²) in [6.07, 6.45) is 0. The van der Waals surface area contributed by atoms with Crippen molar-refractivity contribution in [3.8, 4) is 11.5 Å². The molecule has 0 fully saturated rings. The van der Waals surface area contributed by atoms with Crippen LogP contribution in [0, 0.1) is 0 Å². The van der Waals surface area contributed by atoms with Gasteiger partial charge in [-0.1, -0.05) is 34.1 Å². The van der Waals surface area contributed by atoms with E-state index in [4.69, 9.17) is 4.74 Å². The lowest BCUT2D eigenvalue weighted by Gasteiger charge is -2.07. The van der Waals surface area contributed by atoms with Crippen LogP contribution < -0.4 is 4.74 Å². The van der Waals surface area contributed by atoms with Gasteiger partial charge >= 0.3 is 0 Å². The van der Waals surface area contributed by atoms with Gasteiger partial charge in [-0.15, -0.1) is 0 Å². The van der Waals surface area contributed by atoms with Gasteiger partial charge in [-0.25, -0.2) is 0 Å². The summed E-state index contributed by atoms with van der Waals surface area (Å²) in [7, 11) is 0. The van der Waals surface area contributed by atoms with Crippen LogP contribution in [0.4, 0.5) is 0 Å². The molecule has 18 heavy (non-hydrogen) atoms. The number of ether oxygens (including phenoxy) is 1. The Balaban J connectivity index is 2.11. The Bertz CT molecular complexity index is 518. The Morgan fingerprint density at radius 3 is 2.11 bits per heavy atom. The largest absolute Gasteiger partial charge is 0.457 e. The molecule has 2 rings (SSSR count). The molecule has 0 saturated carbocycles. The summed E-state index contributed by atoms with van der Waals surface area (Å²) in [4.78, 5) is 11.6. The second-order valence-electron chi connectivity index (χ2n) is 3.92. The molecule has 0 aliphatic carbocycles. The third-order valence-electron chi connectivity index (χ3n) is 2.48. The molecule has 1 atom stereocenters. The first-order valence-electron chi connectivity index (χ1n) is 5.68. The topological polar surface area (TPSA) is 26.3 Å². The van der Waals surface area contributed by atoms with E-state index < -0.39 is 0 Å². The van der Waals surface area contributed by atoms with E-state index in [1.165, 1.54) is 0 Å². The van der Waals surface area contributed by atoms with Crippen LogP contribution in [0.2, 0.25) is 0 Å². The predicted molar refractivity (Wildman–Crippen MR) is 75.7 cm³/mol. The number of halogens is 1. The standard InChI is InChI=1S/C15H13BrO2/c1-11(16)15(17)12-7-9-14(10-8-12)18-13-5-3-2-4-6-13/h2-11H,1H3/t11-/m0/s1. The number of rotatable bonds is 4. The van der Waals surface area contributed by atoms with Gasteiger partial charge in [-0.05, 0) is 43.3 Å². The maximum absolute atomic E-state index is 11.7. The first-order valence-corrected chi connectivity index (χ1v) is 6.59. The molecule has 0 saturated heterocycles. The fraction of sp³-hybridized carbons (Fsp3) is 0.133. The van der Waals surface area contributed by atoms with Crippen molar-refractivity contribution in [2.75, 3.05) is 0 Å². The van der Waals surface area contributed by atoms with Crippen LogP contribution in [-0.4, -0.2) is 10.6 Å². The van der Waals surface area contributed by atoms with Crippen molar-refractivity contribution < 1.29 is 9.53 Å². The van der Waals surface area contributed by atoms with Crippen molar-refractivity contribution in [3.63, 3.8) is 0 Å². The number of carbonyl (C=O) groups is 1. The van der Waals surface area contributed by atoms with Crippen molar-refractivity contribution >= 4 is 21.7 Å². The minimum Gasteiger partial charge on any atom is -0.457 e. The third-order valence-corrected chi connectivity index (χ3v) is 2.89. The number of ketones is 1. The number of para-hydroxylation sites is 1. The Morgan fingerprint density at radius 2 is 1.56 bits per heavy atom. The van der Waals surface area contributed by atoms with Crippen molar-refractivity contribution in [1.29, 1.82) is 0 Å². The Labute approximate surface area is 115 Å². The van der Waals surface area contributed by atoms with Gasteiger partial charge in [0.25, 0.3) is 0 Å². The molecule has 0 aromatic heterocycles. The Hall–Kier alpha value is -1.61. The smallest absolute Gasteiger partial charge is 0.176 e. The minimum atomic E-state index is -0.168. The van der Waals surface area contributed by atoms with E-state index in [1.54, 1.807) is 24.3 Å². The molecule has 2 aromatic carbocycles. The monoisotopic (exact) mass is 304 g/mol. The fourth-order valence-corrected chi connectivity index (χ4v) is 1.81. The molecule has 0 unspecified atom stereocenters. The van der Waals surface area contributed by atoms with Crippen LogP contribution in [0.5, 0.6) is 11.5 Å². The van der Waals surface area contributed by atoms with Crippen LogP contribution in [-0.2, 0) is 0 Å². The summed E-state index contributed by atoms with van der Waals surface area (Å²) in [5.41, 5.74) is 0.680. The number of alkyl halides is 1. The molecule has 92 valence electrons. The molecule has 0 spiro atoms. The number of hydrogen-bond acceptors (Lipinski definition) is 2. The van der Waals surface area contributed by atoms with Gasteiger partial charge in [0.15, 0.2) is 5.78 Å². The molecular weight excluding hydrogens is 292 g/mol. The number of carbonyl (C=O) groups excluding carboxylic acids is 1. The van der Waals surface area contributed by atoms with Gasteiger partial charge in [0.2, 0.25) is 0 Å². The van der Waals surface area contributed by atoms with E-state index in [0.717, 1.165) is 11.5 Å². The van der Waals surface area contributed by atoms with E-state index in [1.807, 2.05) is 37.3 Å². The average Bonchev–Trinajstić information content (AvgIpc) is 2.40. The molecule has 2 aromatic rings. The van der Waals surface area contributed by atoms with E-state index in [2.05, 4.69) is 15.9 Å². The summed E-state index contributed by atoms with van der Waals surface area (Å²) < 4.78 is 5.65. The first kappa shape index (κ1) is 12.8. The maximum Gasteiger partial charge on any atom is 0.176 e. The molecule has 3 heteroatoms. The van der Waals surface area contributed by atoms with Crippen LogP contribution in [0.25, 0.3) is 0 Å². The SMILES string of the molecule is C[C@H](Br)C(=O)c1ccc(Oc2ccccc2)cc1. The fourth-order valence-electron chi connectivity index (χ4n) is 1.54. The second kappa shape index (κ2) is 5.83. The molecule has 0 amide bonds. The molecule has 0 bridgehead atoms. The van der Waals surface area contributed by atoms with Gasteiger partial charge in [0.1, 0.15) is 11.5 Å². The normalized spacial score (nSPS) is 11.9. The second-order valence-corrected chi connectivity index (χ2v) is 5.29. The van der Waals surface area contributed by atoms with Crippen molar-refractivity contribution in [1.82, 2.24) is 0 Å². The molecule has 0 N–H and O–H groups in total. The summed E-state index contributed by atoms with van der Waals surface area (Å²) in [5, 5.41) is 0. The summed E-state index contributed by atoms with van der Waals surface area (Å²) in [6.45, 7) is 1.82. The summed E-state index contributed by atoms with van der Waals surface area (Å²) >= 11 is 3.27. The molecule has 0 aliphatic heterocycles. The average molecular weight is 305 g/mol. The van der Waals surface area contributed by atoms with E-state index in [-0.39, 0.29) is 10.6 Å². The summed E-state index contributed by atoms with van der Waals surface area (Å²) in [6, 6.07) is 16.7. The van der Waals surface area contributed by atoms with E-state index >= 15 is 0 Å². The highest BCUT2D eigenvalue weighted by Crippen LogP contribution is 2.22. The van der Waals surface area contributed by atoms with Crippen molar-refractivity contribution in [3.05, 3.63) is 60.2 Å². The first-order chi connectivity index (χ1) is 8.66. The highest BCUT2D eigenvalue weighted by Gasteiger charge is 2.11. The summed E-state index contributed by atoms with van der Waals surface area (Å²) in [5.74, 6) is 1.58. The molecule has 0 radical (unpaired) electrons. The van der Waals surface area contributed by atoms with Crippen LogP contribution >= 0.6 is 15.9 Å². The lowest BCUT2D eigenvalue weighted by molar-refractivity contribution is 0.0996. The minimum absolute atomic E-state index is 0.0706. The molecule has 0 aliphatic rings. The van der Waals surface area contributed by atoms with Gasteiger partial charge in [-0.3, -0.25) is 4.79 Å². The van der Waals surface area contributed by atoms with Gasteiger partial charge in [-0.2, -0.15) is 0 Å². The van der Waals surface area contributed by atoms with Gasteiger partial charge < -0.3 is 4.74 Å². The van der Waals surface area contributed by atoms with Gasteiger partial charge in [0.05, 0.1) is 4.83 Å². The maximum atomic E-state index is 11.7. The highest BCUT2D eigenvalue weighted by atomic mass is 79.9. The molecule has 0 heterocycles. The number of benzene rings is 2. The highest BCUT2D eigenvalue weighted by molar-refractivity contribution is 9.10. The zero-order chi connectivity index (χ0) is 13.0. The van der Waals surface area contributed by atoms with Crippen molar-refractivity contribution in [2.24, 2.45) is 0 Å². The van der Waals surface area contributed by atoms with E-state index in [0.29, 0.717) is 5.56 Å².